The zero-order valence-electron chi connectivity index (χ0n) is 9.68. The van der Waals surface area contributed by atoms with E-state index in [0.717, 1.165) is 13.1 Å². The molecule has 2 N–H and O–H groups in total. The fourth-order valence-corrected chi connectivity index (χ4v) is 1.82. The lowest BCUT2D eigenvalue weighted by Crippen LogP contribution is -2.42. The van der Waals surface area contributed by atoms with E-state index >= 15 is 0 Å². The van der Waals surface area contributed by atoms with Gasteiger partial charge in [0, 0.05) is 26.3 Å². The molecule has 5 heteroatoms. The quantitative estimate of drug-likeness (QED) is 0.743. The summed E-state index contributed by atoms with van der Waals surface area (Å²) < 4.78 is 10.3. The number of furan rings is 1. The van der Waals surface area contributed by atoms with Gasteiger partial charge in [0.15, 0.2) is 0 Å². The third-order valence-corrected chi connectivity index (χ3v) is 2.73. The van der Waals surface area contributed by atoms with Crippen molar-refractivity contribution in [1.82, 2.24) is 10.6 Å². The molecule has 1 fully saturated rings. The van der Waals surface area contributed by atoms with Gasteiger partial charge in [-0.05, 0) is 18.2 Å². The molecule has 1 unspecified atom stereocenters. The SMILES string of the molecule is CO[C@H]1CNCC1NC(=O)/C=C/c1ccco1. The summed E-state index contributed by atoms with van der Waals surface area (Å²) in [4.78, 5) is 11.6. The Kier molecular flexibility index (Phi) is 3.95. The maximum absolute atomic E-state index is 11.6. The van der Waals surface area contributed by atoms with Crippen LogP contribution in [0.2, 0.25) is 0 Å². The summed E-state index contributed by atoms with van der Waals surface area (Å²) in [5.41, 5.74) is 0. The van der Waals surface area contributed by atoms with Crippen LogP contribution in [0.4, 0.5) is 0 Å². The summed E-state index contributed by atoms with van der Waals surface area (Å²) in [7, 11) is 1.65. The summed E-state index contributed by atoms with van der Waals surface area (Å²) in [6.45, 7) is 1.50. The molecule has 0 bridgehead atoms. The highest BCUT2D eigenvalue weighted by molar-refractivity contribution is 5.91. The van der Waals surface area contributed by atoms with Crippen LogP contribution in [0, 0.1) is 0 Å². The molecular formula is C12H16N2O3. The summed E-state index contributed by atoms with van der Waals surface area (Å²) in [5.74, 6) is 0.519. The van der Waals surface area contributed by atoms with E-state index in [2.05, 4.69) is 10.6 Å². The van der Waals surface area contributed by atoms with Gasteiger partial charge in [0.1, 0.15) is 5.76 Å². The van der Waals surface area contributed by atoms with Gasteiger partial charge in [0.2, 0.25) is 5.91 Å². The third kappa shape index (κ3) is 3.18. The Morgan fingerprint density at radius 2 is 2.53 bits per heavy atom. The van der Waals surface area contributed by atoms with E-state index in [9.17, 15) is 4.79 Å². The van der Waals surface area contributed by atoms with Crippen molar-refractivity contribution < 1.29 is 13.9 Å². The molecule has 1 amide bonds. The second kappa shape index (κ2) is 5.65. The second-order valence-electron chi connectivity index (χ2n) is 3.90. The molecule has 17 heavy (non-hydrogen) atoms. The fraction of sp³-hybridized carbons (Fsp3) is 0.417. The number of ether oxygens (including phenoxy) is 1. The number of methoxy groups -OCH3 is 1. The van der Waals surface area contributed by atoms with Crippen molar-refractivity contribution in [1.29, 1.82) is 0 Å². The number of hydrogen-bond donors (Lipinski definition) is 2. The van der Waals surface area contributed by atoms with E-state index in [4.69, 9.17) is 9.15 Å². The predicted octanol–water partition coefficient (Wildman–Crippen LogP) is 0.396. The van der Waals surface area contributed by atoms with Crippen LogP contribution in [0.3, 0.4) is 0 Å². The lowest BCUT2D eigenvalue weighted by molar-refractivity contribution is -0.117. The third-order valence-electron chi connectivity index (χ3n) is 2.73. The molecule has 92 valence electrons. The summed E-state index contributed by atoms with van der Waals surface area (Å²) in [6.07, 6.45) is 4.71. The van der Waals surface area contributed by atoms with E-state index in [1.54, 1.807) is 31.6 Å². The highest BCUT2D eigenvalue weighted by atomic mass is 16.5. The Bertz CT molecular complexity index is 386. The summed E-state index contributed by atoms with van der Waals surface area (Å²) in [6, 6.07) is 3.59. The van der Waals surface area contributed by atoms with Crippen LogP contribution in [0.1, 0.15) is 5.76 Å². The van der Waals surface area contributed by atoms with Crippen molar-refractivity contribution in [2.24, 2.45) is 0 Å². The van der Waals surface area contributed by atoms with Crippen LogP contribution >= 0.6 is 0 Å². The van der Waals surface area contributed by atoms with Crippen molar-refractivity contribution >= 4 is 12.0 Å². The van der Waals surface area contributed by atoms with Gasteiger partial charge >= 0.3 is 0 Å². The van der Waals surface area contributed by atoms with Crippen molar-refractivity contribution in [3.63, 3.8) is 0 Å². The second-order valence-corrected chi connectivity index (χ2v) is 3.90. The van der Waals surface area contributed by atoms with Gasteiger partial charge in [-0.1, -0.05) is 0 Å². The minimum absolute atomic E-state index is 0.0220. The van der Waals surface area contributed by atoms with Crippen LogP contribution in [0.25, 0.3) is 6.08 Å². The van der Waals surface area contributed by atoms with Gasteiger partial charge in [-0.25, -0.2) is 0 Å². The van der Waals surface area contributed by atoms with Crippen LogP contribution in [0.15, 0.2) is 28.9 Å². The topological polar surface area (TPSA) is 63.5 Å². The first-order chi connectivity index (χ1) is 8.29. The molecule has 2 heterocycles. The molecule has 1 aliphatic heterocycles. The standard InChI is InChI=1S/C12H16N2O3/c1-16-11-8-13-7-10(11)14-12(15)5-4-9-3-2-6-17-9/h2-6,10-11,13H,7-8H2,1H3,(H,14,15)/b5-4+/t10?,11-/m0/s1. The molecule has 5 nitrogen and oxygen atoms in total. The largest absolute Gasteiger partial charge is 0.465 e. The summed E-state index contributed by atoms with van der Waals surface area (Å²) in [5, 5.41) is 6.05. The highest BCUT2D eigenvalue weighted by Crippen LogP contribution is 2.05. The lowest BCUT2D eigenvalue weighted by Gasteiger charge is -2.17. The van der Waals surface area contributed by atoms with E-state index < -0.39 is 0 Å². The smallest absolute Gasteiger partial charge is 0.244 e. The zero-order valence-corrected chi connectivity index (χ0v) is 9.68. The number of hydrogen-bond acceptors (Lipinski definition) is 4. The predicted molar refractivity (Wildman–Crippen MR) is 63.3 cm³/mol. The molecule has 1 saturated heterocycles. The summed E-state index contributed by atoms with van der Waals surface area (Å²) >= 11 is 0. The van der Waals surface area contributed by atoms with Crippen LogP contribution < -0.4 is 10.6 Å². The first-order valence-corrected chi connectivity index (χ1v) is 5.55. The average molecular weight is 236 g/mol. The molecule has 1 aromatic rings. The van der Waals surface area contributed by atoms with Crippen LogP contribution in [0.5, 0.6) is 0 Å². The Balaban J connectivity index is 1.85. The van der Waals surface area contributed by atoms with Gasteiger partial charge in [0.25, 0.3) is 0 Å². The Morgan fingerprint density at radius 1 is 1.65 bits per heavy atom. The number of rotatable bonds is 4. The van der Waals surface area contributed by atoms with Crippen molar-refractivity contribution in [2.75, 3.05) is 20.2 Å². The van der Waals surface area contributed by atoms with E-state index in [1.807, 2.05) is 0 Å². The Hall–Kier alpha value is -1.59. The molecule has 0 radical (unpaired) electrons. The van der Waals surface area contributed by atoms with Crippen molar-refractivity contribution in [2.45, 2.75) is 12.1 Å². The first kappa shape index (κ1) is 11.9. The molecule has 0 aliphatic carbocycles. The first-order valence-electron chi connectivity index (χ1n) is 5.55. The van der Waals surface area contributed by atoms with Gasteiger partial charge in [-0.2, -0.15) is 0 Å². The van der Waals surface area contributed by atoms with Gasteiger partial charge < -0.3 is 19.8 Å². The van der Waals surface area contributed by atoms with Crippen molar-refractivity contribution in [3.8, 4) is 0 Å². The Labute approximate surface area is 99.8 Å². The number of nitrogens with one attached hydrogen (secondary N) is 2. The highest BCUT2D eigenvalue weighted by Gasteiger charge is 2.27. The molecule has 0 spiro atoms. The van der Waals surface area contributed by atoms with E-state index in [0.29, 0.717) is 5.76 Å². The van der Waals surface area contributed by atoms with Gasteiger partial charge in [0.05, 0.1) is 18.4 Å². The van der Waals surface area contributed by atoms with Crippen LogP contribution in [-0.4, -0.2) is 38.3 Å². The fourth-order valence-electron chi connectivity index (χ4n) is 1.82. The number of carbonyl (C=O) groups excluding carboxylic acids is 1. The molecular weight excluding hydrogens is 220 g/mol. The minimum atomic E-state index is -0.142. The maximum atomic E-state index is 11.6. The van der Waals surface area contributed by atoms with E-state index in [1.165, 1.54) is 6.08 Å². The van der Waals surface area contributed by atoms with E-state index in [-0.39, 0.29) is 18.1 Å². The lowest BCUT2D eigenvalue weighted by atomic mass is 10.2. The zero-order chi connectivity index (χ0) is 12.1. The normalized spacial score (nSPS) is 24.3. The molecule has 2 rings (SSSR count). The Morgan fingerprint density at radius 3 is 3.24 bits per heavy atom. The van der Waals surface area contributed by atoms with Crippen LogP contribution in [-0.2, 0) is 9.53 Å². The molecule has 0 aromatic carbocycles. The molecule has 0 saturated carbocycles. The number of carbonyl (C=O) groups is 1. The molecule has 2 atom stereocenters. The maximum Gasteiger partial charge on any atom is 0.244 e. The minimum Gasteiger partial charge on any atom is -0.465 e. The van der Waals surface area contributed by atoms with Crippen molar-refractivity contribution in [3.05, 3.63) is 30.2 Å². The van der Waals surface area contributed by atoms with Gasteiger partial charge in [-0.15, -0.1) is 0 Å². The molecule has 1 aliphatic rings. The monoisotopic (exact) mass is 236 g/mol. The average Bonchev–Trinajstić information content (AvgIpc) is 2.97. The number of amides is 1. The molecule has 1 aromatic heterocycles. The van der Waals surface area contributed by atoms with Gasteiger partial charge in [-0.3, -0.25) is 4.79 Å².